The van der Waals surface area contributed by atoms with Gasteiger partial charge in [0.15, 0.2) is 0 Å². The molecule has 1 aromatic heterocycles. The molecular formula is C21H29N5O3S. The summed E-state index contributed by atoms with van der Waals surface area (Å²) in [6.07, 6.45) is 7.48. The second-order valence-corrected chi connectivity index (χ2v) is 8.60. The Bertz CT molecular complexity index is 856. The SMILES string of the molecule is COCCNS(=O)c1ccc(NC(=O)c2cc(N(C)C3CCCCC3)ncn2)cc1. The highest BCUT2D eigenvalue weighted by Gasteiger charge is 2.20. The van der Waals surface area contributed by atoms with Crippen molar-refractivity contribution in [2.24, 2.45) is 0 Å². The van der Waals surface area contributed by atoms with E-state index in [1.165, 1.54) is 25.6 Å². The van der Waals surface area contributed by atoms with Gasteiger partial charge in [0.1, 0.15) is 28.8 Å². The smallest absolute Gasteiger partial charge is 0.274 e. The lowest BCUT2D eigenvalue weighted by atomic mass is 9.94. The lowest BCUT2D eigenvalue weighted by Crippen LogP contribution is -2.34. The van der Waals surface area contributed by atoms with Crippen molar-refractivity contribution in [1.82, 2.24) is 14.7 Å². The van der Waals surface area contributed by atoms with Crippen LogP contribution in [0.4, 0.5) is 11.5 Å². The summed E-state index contributed by atoms with van der Waals surface area (Å²) in [5, 5.41) is 2.84. The largest absolute Gasteiger partial charge is 0.383 e. The fraction of sp³-hybridized carbons (Fsp3) is 0.476. The van der Waals surface area contributed by atoms with Crippen LogP contribution in [0, 0.1) is 0 Å². The number of rotatable bonds is 9. The minimum Gasteiger partial charge on any atom is -0.383 e. The molecule has 1 aromatic carbocycles. The fourth-order valence-electron chi connectivity index (χ4n) is 3.50. The maximum absolute atomic E-state index is 12.7. The Morgan fingerprint density at radius 3 is 2.63 bits per heavy atom. The first-order valence-corrected chi connectivity index (χ1v) is 11.3. The molecule has 3 rings (SSSR count). The normalized spacial score (nSPS) is 15.5. The van der Waals surface area contributed by atoms with E-state index in [1.807, 2.05) is 7.05 Å². The fourth-order valence-corrected chi connectivity index (χ4v) is 4.31. The Balaban J connectivity index is 1.61. The molecule has 1 aliphatic carbocycles. The van der Waals surface area contributed by atoms with Crippen molar-refractivity contribution in [3.8, 4) is 0 Å². The third-order valence-corrected chi connectivity index (χ3v) is 6.40. The van der Waals surface area contributed by atoms with E-state index in [4.69, 9.17) is 4.74 Å². The highest BCUT2D eigenvalue weighted by atomic mass is 32.2. The standard InChI is InChI=1S/C21H29N5O3S/c1-26(17-6-4-3-5-7-17)20-14-19(22-15-23-20)21(27)25-16-8-10-18(11-9-16)30(28)24-12-13-29-2/h8-11,14-15,17,24H,3-7,12-13H2,1-2H3,(H,25,27). The van der Waals surface area contributed by atoms with Crippen molar-refractivity contribution in [2.75, 3.05) is 37.5 Å². The molecule has 2 N–H and O–H groups in total. The number of methoxy groups -OCH3 is 1. The minimum atomic E-state index is -1.32. The van der Waals surface area contributed by atoms with Gasteiger partial charge in [-0.3, -0.25) is 4.79 Å². The van der Waals surface area contributed by atoms with Gasteiger partial charge in [0.2, 0.25) is 0 Å². The van der Waals surface area contributed by atoms with Crippen LogP contribution in [0.2, 0.25) is 0 Å². The van der Waals surface area contributed by atoms with Crippen molar-refractivity contribution in [1.29, 1.82) is 0 Å². The van der Waals surface area contributed by atoms with Gasteiger partial charge in [0.05, 0.1) is 11.5 Å². The summed E-state index contributed by atoms with van der Waals surface area (Å²) < 4.78 is 19.9. The van der Waals surface area contributed by atoms with E-state index in [-0.39, 0.29) is 5.91 Å². The molecule has 0 aliphatic heterocycles. The number of aromatic nitrogens is 2. The maximum atomic E-state index is 12.7. The Hall–Kier alpha value is -2.36. The molecule has 0 spiro atoms. The van der Waals surface area contributed by atoms with Crippen LogP contribution >= 0.6 is 0 Å². The van der Waals surface area contributed by atoms with Crippen LogP contribution < -0.4 is 14.9 Å². The lowest BCUT2D eigenvalue weighted by Gasteiger charge is -2.32. The number of hydrogen-bond acceptors (Lipinski definition) is 6. The number of ether oxygens (including phenoxy) is 1. The Kier molecular flexibility index (Phi) is 8.30. The van der Waals surface area contributed by atoms with Crippen molar-refractivity contribution >= 4 is 28.4 Å². The number of carbonyl (C=O) groups is 1. The van der Waals surface area contributed by atoms with Crippen LogP contribution in [0.5, 0.6) is 0 Å². The predicted octanol–water partition coefficient (Wildman–Crippen LogP) is 2.76. The second-order valence-electron chi connectivity index (χ2n) is 7.30. The van der Waals surface area contributed by atoms with E-state index in [9.17, 15) is 9.00 Å². The summed E-state index contributed by atoms with van der Waals surface area (Å²) in [6.45, 7) is 0.976. The van der Waals surface area contributed by atoms with Crippen LogP contribution in [-0.4, -0.2) is 53.4 Å². The van der Waals surface area contributed by atoms with E-state index >= 15 is 0 Å². The van der Waals surface area contributed by atoms with Gasteiger partial charge in [-0.25, -0.2) is 18.9 Å². The highest BCUT2D eigenvalue weighted by Crippen LogP contribution is 2.25. The van der Waals surface area contributed by atoms with E-state index < -0.39 is 11.0 Å². The third kappa shape index (κ3) is 6.07. The average molecular weight is 432 g/mol. The van der Waals surface area contributed by atoms with Crippen molar-refractivity contribution in [2.45, 2.75) is 43.0 Å². The Morgan fingerprint density at radius 2 is 1.93 bits per heavy atom. The van der Waals surface area contributed by atoms with Crippen LogP contribution in [0.15, 0.2) is 41.6 Å². The molecule has 162 valence electrons. The molecular weight excluding hydrogens is 402 g/mol. The summed E-state index contributed by atoms with van der Waals surface area (Å²) in [7, 11) is 2.30. The van der Waals surface area contributed by atoms with Gasteiger partial charge >= 0.3 is 0 Å². The molecule has 1 unspecified atom stereocenters. The summed E-state index contributed by atoms with van der Waals surface area (Å²) in [4.78, 5) is 23.9. The zero-order valence-corrected chi connectivity index (χ0v) is 18.3. The van der Waals surface area contributed by atoms with E-state index in [0.717, 1.165) is 18.7 Å². The molecule has 1 heterocycles. The molecule has 0 saturated heterocycles. The molecule has 1 saturated carbocycles. The Morgan fingerprint density at radius 1 is 1.20 bits per heavy atom. The van der Waals surface area contributed by atoms with Gasteiger partial charge in [-0.15, -0.1) is 0 Å². The first-order valence-electron chi connectivity index (χ1n) is 10.2. The molecule has 0 radical (unpaired) electrons. The number of anilines is 2. The first kappa shape index (κ1) is 22.3. The predicted molar refractivity (Wildman–Crippen MR) is 118 cm³/mol. The molecule has 30 heavy (non-hydrogen) atoms. The maximum Gasteiger partial charge on any atom is 0.274 e. The zero-order valence-electron chi connectivity index (χ0n) is 17.5. The Labute approximate surface area is 180 Å². The van der Waals surface area contributed by atoms with Crippen LogP contribution in [-0.2, 0) is 15.7 Å². The van der Waals surface area contributed by atoms with Crippen LogP contribution in [0.1, 0.15) is 42.6 Å². The van der Waals surface area contributed by atoms with E-state index in [0.29, 0.717) is 35.5 Å². The van der Waals surface area contributed by atoms with E-state index in [1.54, 1.807) is 37.4 Å². The van der Waals surface area contributed by atoms with Gasteiger partial charge in [-0.1, -0.05) is 19.3 Å². The number of nitrogens with zero attached hydrogens (tertiary/aromatic N) is 3. The van der Waals surface area contributed by atoms with Gasteiger partial charge in [-0.2, -0.15) is 0 Å². The van der Waals surface area contributed by atoms with Gasteiger partial charge in [0, 0.05) is 38.5 Å². The third-order valence-electron chi connectivity index (χ3n) is 5.23. The monoisotopic (exact) mass is 431 g/mol. The second kappa shape index (κ2) is 11.1. The summed E-state index contributed by atoms with van der Waals surface area (Å²) >= 11 is 0. The number of carbonyl (C=O) groups excluding carboxylic acids is 1. The number of hydrogen-bond donors (Lipinski definition) is 2. The lowest BCUT2D eigenvalue weighted by molar-refractivity contribution is 0.102. The first-order chi connectivity index (χ1) is 14.6. The van der Waals surface area contributed by atoms with Gasteiger partial charge in [-0.05, 0) is 37.1 Å². The highest BCUT2D eigenvalue weighted by molar-refractivity contribution is 7.83. The molecule has 8 nitrogen and oxygen atoms in total. The molecule has 1 fully saturated rings. The minimum absolute atomic E-state index is 0.303. The molecule has 0 bridgehead atoms. The average Bonchev–Trinajstić information content (AvgIpc) is 2.80. The molecule has 1 aliphatic rings. The van der Waals surface area contributed by atoms with Crippen LogP contribution in [0.3, 0.4) is 0 Å². The molecule has 1 amide bonds. The van der Waals surface area contributed by atoms with Gasteiger partial charge < -0.3 is 15.0 Å². The van der Waals surface area contributed by atoms with E-state index in [2.05, 4.69) is 24.9 Å². The molecule has 1 atom stereocenters. The number of nitrogens with one attached hydrogen (secondary N) is 2. The van der Waals surface area contributed by atoms with Crippen molar-refractivity contribution in [3.63, 3.8) is 0 Å². The summed E-state index contributed by atoms with van der Waals surface area (Å²) in [5.41, 5.74) is 0.926. The zero-order chi connectivity index (χ0) is 21.3. The van der Waals surface area contributed by atoms with Crippen molar-refractivity contribution in [3.05, 3.63) is 42.4 Å². The number of benzene rings is 1. The topological polar surface area (TPSA) is 96.5 Å². The van der Waals surface area contributed by atoms with Gasteiger partial charge in [0.25, 0.3) is 5.91 Å². The molecule has 9 heteroatoms. The summed E-state index contributed by atoms with van der Waals surface area (Å²) in [5.74, 6) is 0.456. The summed E-state index contributed by atoms with van der Waals surface area (Å²) in [6, 6.07) is 9.06. The van der Waals surface area contributed by atoms with Crippen molar-refractivity contribution < 1.29 is 13.7 Å². The number of amides is 1. The van der Waals surface area contributed by atoms with Crippen LogP contribution in [0.25, 0.3) is 0 Å². The quantitative estimate of drug-likeness (QED) is 0.593. The molecule has 2 aromatic rings.